The normalized spacial score (nSPS) is 11.6. The topological polar surface area (TPSA) is 30.2 Å². The SMILES string of the molecule is CC(C)(C=O)Cc1ccc(Br)o1. The fourth-order valence-electron chi connectivity index (χ4n) is 0.937. The highest BCUT2D eigenvalue weighted by molar-refractivity contribution is 9.10. The zero-order valence-corrected chi connectivity index (χ0v) is 8.72. The first-order valence-electron chi connectivity index (χ1n) is 3.74. The Balaban J connectivity index is 2.69. The Hall–Kier alpha value is -0.570. The van der Waals surface area contributed by atoms with Gasteiger partial charge in [-0.05, 0) is 28.1 Å². The van der Waals surface area contributed by atoms with Gasteiger partial charge >= 0.3 is 0 Å². The van der Waals surface area contributed by atoms with Crippen molar-refractivity contribution < 1.29 is 9.21 Å². The van der Waals surface area contributed by atoms with E-state index in [0.717, 1.165) is 12.0 Å². The third-order valence-electron chi connectivity index (χ3n) is 1.58. The molecule has 0 saturated heterocycles. The number of halogens is 1. The molecule has 66 valence electrons. The predicted octanol–water partition coefficient (Wildman–Crippen LogP) is 2.81. The summed E-state index contributed by atoms with van der Waals surface area (Å²) in [4.78, 5) is 10.6. The number of aldehydes is 1. The molecule has 0 amide bonds. The van der Waals surface area contributed by atoms with Crippen LogP contribution in [0.15, 0.2) is 21.2 Å². The van der Waals surface area contributed by atoms with E-state index in [1.165, 1.54) is 0 Å². The lowest BCUT2D eigenvalue weighted by atomic mass is 9.90. The molecule has 0 radical (unpaired) electrons. The second-order valence-corrected chi connectivity index (χ2v) is 4.27. The number of carbonyl (C=O) groups excluding carboxylic acids is 1. The highest BCUT2D eigenvalue weighted by Gasteiger charge is 2.18. The Bertz CT molecular complexity index is 276. The van der Waals surface area contributed by atoms with Crippen LogP contribution in [0.1, 0.15) is 19.6 Å². The molecule has 12 heavy (non-hydrogen) atoms. The van der Waals surface area contributed by atoms with Crippen LogP contribution in [-0.4, -0.2) is 6.29 Å². The minimum Gasteiger partial charge on any atom is -0.454 e. The van der Waals surface area contributed by atoms with Crippen LogP contribution < -0.4 is 0 Å². The van der Waals surface area contributed by atoms with E-state index < -0.39 is 0 Å². The first kappa shape index (κ1) is 9.52. The van der Waals surface area contributed by atoms with Crippen LogP contribution in [0.3, 0.4) is 0 Å². The van der Waals surface area contributed by atoms with Gasteiger partial charge in [0.15, 0.2) is 4.67 Å². The summed E-state index contributed by atoms with van der Waals surface area (Å²) in [5.74, 6) is 0.832. The average molecular weight is 231 g/mol. The largest absolute Gasteiger partial charge is 0.454 e. The molecule has 0 N–H and O–H groups in total. The van der Waals surface area contributed by atoms with E-state index in [0.29, 0.717) is 11.1 Å². The summed E-state index contributed by atoms with van der Waals surface area (Å²) in [6.07, 6.45) is 1.59. The quantitative estimate of drug-likeness (QED) is 0.748. The van der Waals surface area contributed by atoms with Crippen LogP contribution in [0.5, 0.6) is 0 Å². The summed E-state index contributed by atoms with van der Waals surface area (Å²) in [6, 6.07) is 3.70. The summed E-state index contributed by atoms with van der Waals surface area (Å²) >= 11 is 3.21. The summed E-state index contributed by atoms with van der Waals surface area (Å²) in [6.45, 7) is 3.77. The van der Waals surface area contributed by atoms with Crippen molar-refractivity contribution in [2.75, 3.05) is 0 Å². The van der Waals surface area contributed by atoms with Crippen LogP contribution in [0.25, 0.3) is 0 Å². The van der Waals surface area contributed by atoms with Crippen molar-refractivity contribution in [3.63, 3.8) is 0 Å². The van der Waals surface area contributed by atoms with Crippen LogP contribution in [0, 0.1) is 5.41 Å². The molecule has 0 aliphatic carbocycles. The van der Waals surface area contributed by atoms with Crippen LogP contribution in [0.2, 0.25) is 0 Å². The van der Waals surface area contributed by atoms with Gasteiger partial charge in [0.05, 0.1) is 0 Å². The van der Waals surface area contributed by atoms with Gasteiger partial charge in [0, 0.05) is 11.8 Å². The molecule has 0 fully saturated rings. The fraction of sp³-hybridized carbons (Fsp3) is 0.444. The Morgan fingerprint density at radius 1 is 1.58 bits per heavy atom. The molecule has 0 atom stereocenters. The maximum absolute atomic E-state index is 10.6. The van der Waals surface area contributed by atoms with Crippen molar-refractivity contribution in [2.45, 2.75) is 20.3 Å². The van der Waals surface area contributed by atoms with Crippen molar-refractivity contribution in [3.8, 4) is 0 Å². The zero-order valence-electron chi connectivity index (χ0n) is 7.13. The smallest absolute Gasteiger partial charge is 0.169 e. The van der Waals surface area contributed by atoms with Crippen LogP contribution in [0.4, 0.5) is 0 Å². The van der Waals surface area contributed by atoms with Gasteiger partial charge in [0.2, 0.25) is 0 Å². The van der Waals surface area contributed by atoms with Crippen LogP contribution >= 0.6 is 15.9 Å². The van der Waals surface area contributed by atoms with E-state index in [1.807, 2.05) is 26.0 Å². The number of carbonyl (C=O) groups is 1. The molecule has 2 nitrogen and oxygen atoms in total. The van der Waals surface area contributed by atoms with Crippen molar-refractivity contribution in [1.29, 1.82) is 0 Å². The molecule has 3 heteroatoms. The third-order valence-corrected chi connectivity index (χ3v) is 2.00. The van der Waals surface area contributed by atoms with Gasteiger partial charge in [-0.25, -0.2) is 0 Å². The van der Waals surface area contributed by atoms with E-state index in [4.69, 9.17) is 4.42 Å². The Kier molecular flexibility index (Phi) is 2.73. The van der Waals surface area contributed by atoms with E-state index in [1.54, 1.807) is 0 Å². The van der Waals surface area contributed by atoms with Gasteiger partial charge in [-0.1, -0.05) is 13.8 Å². The van der Waals surface area contributed by atoms with E-state index in [9.17, 15) is 4.79 Å². The van der Waals surface area contributed by atoms with Gasteiger partial charge in [0.1, 0.15) is 12.0 Å². The minimum absolute atomic E-state index is 0.336. The molecule has 1 rings (SSSR count). The Labute approximate surface area is 80.1 Å². The van der Waals surface area contributed by atoms with Gasteiger partial charge < -0.3 is 9.21 Å². The fourth-order valence-corrected chi connectivity index (χ4v) is 1.28. The summed E-state index contributed by atoms with van der Waals surface area (Å²) in [5, 5.41) is 0. The molecule has 0 saturated carbocycles. The van der Waals surface area contributed by atoms with Gasteiger partial charge in [0.25, 0.3) is 0 Å². The summed E-state index contributed by atoms with van der Waals surface area (Å²) in [7, 11) is 0. The number of furan rings is 1. The minimum atomic E-state index is -0.336. The molecule has 0 spiro atoms. The van der Waals surface area contributed by atoms with E-state index >= 15 is 0 Å². The molecule has 0 unspecified atom stereocenters. The molecule has 1 aromatic rings. The predicted molar refractivity (Wildman–Crippen MR) is 50.0 cm³/mol. The summed E-state index contributed by atoms with van der Waals surface area (Å²) in [5.41, 5.74) is -0.336. The van der Waals surface area contributed by atoms with E-state index in [-0.39, 0.29) is 5.41 Å². The van der Waals surface area contributed by atoms with E-state index in [2.05, 4.69) is 15.9 Å². The second kappa shape index (κ2) is 3.44. The monoisotopic (exact) mass is 230 g/mol. The molecule has 0 aliphatic rings. The maximum Gasteiger partial charge on any atom is 0.169 e. The number of hydrogen-bond acceptors (Lipinski definition) is 2. The first-order valence-corrected chi connectivity index (χ1v) is 4.53. The lowest BCUT2D eigenvalue weighted by Gasteiger charge is -2.13. The lowest BCUT2D eigenvalue weighted by molar-refractivity contribution is -0.114. The highest BCUT2D eigenvalue weighted by atomic mass is 79.9. The molecule has 0 aromatic carbocycles. The van der Waals surface area contributed by atoms with Gasteiger partial charge in [-0.3, -0.25) is 0 Å². The number of hydrogen-bond donors (Lipinski definition) is 0. The Morgan fingerprint density at radius 2 is 2.25 bits per heavy atom. The van der Waals surface area contributed by atoms with Crippen molar-refractivity contribution in [2.24, 2.45) is 5.41 Å². The van der Waals surface area contributed by atoms with Gasteiger partial charge in [-0.15, -0.1) is 0 Å². The Morgan fingerprint density at radius 3 is 2.67 bits per heavy atom. The molecular weight excluding hydrogens is 220 g/mol. The maximum atomic E-state index is 10.6. The summed E-state index contributed by atoms with van der Waals surface area (Å²) < 4.78 is 5.99. The average Bonchev–Trinajstić information content (AvgIpc) is 2.35. The van der Waals surface area contributed by atoms with Gasteiger partial charge in [-0.2, -0.15) is 0 Å². The molecule has 0 aliphatic heterocycles. The molecule has 1 aromatic heterocycles. The third kappa shape index (κ3) is 2.48. The molecular formula is C9H11BrO2. The van der Waals surface area contributed by atoms with Crippen molar-refractivity contribution >= 4 is 22.2 Å². The second-order valence-electron chi connectivity index (χ2n) is 3.49. The van der Waals surface area contributed by atoms with Crippen molar-refractivity contribution in [1.82, 2.24) is 0 Å². The molecule has 0 bridgehead atoms. The first-order chi connectivity index (χ1) is 5.53. The number of rotatable bonds is 3. The van der Waals surface area contributed by atoms with Crippen LogP contribution in [-0.2, 0) is 11.2 Å². The molecule has 1 heterocycles. The zero-order chi connectivity index (χ0) is 9.19. The van der Waals surface area contributed by atoms with Crippen molar-refractivity contribution in [3.05, 3.63) is 22.6 Å². The highest BCUT2D eigenvalue weighted by Crippen LogP contribution is 2.22. The standard InChI is InChI=1S/C9H11BrO2/c1-9(2,6-11)5-7-3-4-8(10)12-7/h3-4,6H,5H2,1-2H3. The lowest BCUT2D eigenvalue weighted by Crippen LogP contribution is -2.15.